The van der Waals surface area contributed by atoms with Crippen molar-refractivity contribution in [3.8, 4) is 0 Å². The monoisotopic (exact) mass is 191 g/mol. The number of aliphatic hydroxyl groups excluding tert-OH is 3. The number of piperidine rings is 1. The molecule has 1 rings (SSSR count). The van der Waals surface area contributed by atoms with E-state index in [9.17, 15) is 15.3 Å². The molecule has 0 spiro atoms. The Morgan fingerprint density at radius 1 is 1.23 bits per heavy atom. The second-order valence-corrected chi connectivity index (χ2v) is 3.31. The molecule has 0 aromatic rings. The van der Waals surface area contributed by atoms with Crippen LogP contribution in [0.3, 0.4) is 0 Å². The summed E-state index contributed by atoms with van der Waals surface area (Å²) in [5, 5.41) is 29.3. The molecule has 3 N–H and O–H groups in total. The van der Waals surface area contributed by atoms with E-state index in [0.29, 0.717) is 6.61 Å². The van der Waals surface area contributed by atoms with Gasteiger partial charge in [-0.3, -0.25) is 4.84 Å². The smallest absolute Gasteiger partial charge is 0.108 e. The Kier molecular flexibility index (Phi) is 4.08. The van der Waals surface area contributed by atoms with Crippen LogP contribution in [0.25, 0.3) is 0 Å². The Bertz CT molecular complexity index is 143. The second-order valence-electron chi connectivity index (χ2n) is 3.31. The SMILES string of the molecule is CCCON1C[C@H](O)C(O)[C@@H](O)C1. The first-order valence-electron chi connectivity index (χ1n) is 4.57. The lowest BCUT2D eigenvalue weighted by Gasteiger charge is -2.35. The summed E-state index contributed by atoms with van der Waals surface area (Å²) >= 11 is 0. The number of hydroxylamine groups is 2. The highest BCUT2D eigenvalue weighted by molar-refractivity contribution is 4.83. The molecule has 0 saturated carbocycles. The van der Waals surface area contributed by atoms with Crippen molar-refractivity contribution < 1.29 is 20.2 Å². The molecule has 0 aromatic carbocycles. The van der Waals surface area contributed by atoms with Gasteiger partial charge in [0.05, 0.1) is 31.9 Å². The first-order chi connectivity index (χ1) is 6.15. The zero-order chi connectivity index (χ0) is 9.84. The maximum Gasteiger partial charge on any atom is 0.108 e. The van der Waals surface area contributed by atoms with Gasteiger partial charge in [0.1, 0.15) is 6.10 Å². The van der Waals surface area contributed by atoms with Crippen LogP contribution in [0.4, 0.5) is 0 Å². The summed E-state index contributed by atoms with van der Waals surface area (Å²) in [4.78, 5) is 5.22. The molecule has 2 atom stereocenters. The predicted molar refractivity (Wildman–Crippen MR) is 45.8 cm³/mol. The third-order valence-electron chi connectivity index (χ3n) is 2.05. The lowest BCUT2D eigenvalue weighted by Crippen LogP contribution is -2.55. The molecular formula is C8H17NO4. The zero-order valence-electron chi connectivity index (χ0n) is 7.76. The number of hydrogen-bond acceptors (Lipinski definition) is 5. The summed E-state index contributed by atoms with van der Waals surface area (Å²) in [6, 6.07) is 0. The van der Waals surface area contributed by atoms with Crippen LogP contribution in [0, 0.1) is 0 Å². The quantitative estimate of drug-likeness (QED) is 0.518. The number of hydrogen-bond donors (Lipinski definition) is 3. The molecule has 78 valence electrons. The maximum absolute atomic E-state index is 9.29. The van der Waals surface area contributed by atoms with Crippen LogP contribution >= 0.6 is 0 Å². The first kappa shape index (κ1) is 10.9. The van der Waals surface area contributed by atoms with Gasteiger partial charge in [0.2, 0.25) is 0 Å². The molecule has 5 nitrogen and oxygen atoms in total. The summed E-state index contributed by atoms with van der Waals surface area (Å²) in [5.74, 6) is 0. The Balaban J connectivity index is 2.35. The fourth-order valence-corrected chi connectivity index (χ4v) is 1.29. The fourth-order valence-electron chi connectivity index (χ4n) is 1.29. The van der Waals surface area contributed by atoms with Gasteiger partial charge in [0.25, 0.3) is 0 Å². The van der Waals surface area contributed by atoms with Crippen LogP contribution in [0.5, 0.6) is 0 Å². The maximum atomic E-state index is 9.29. The van der Waals surface area contributed by atoms with Crippen molar-refractivity contribution in [2.75, 3.05) is 19.7 Å². The van der Waals surface area contributed by atoms with Crippen molar-refractivity contribution in [1.82, 2.24) is 5.06 Å². The second kappa shape index (κ2) is 4.88. The molecule has 1 aliphatic heterocycles. The average molecular weight is 191 g/mol. The molecule has 1 heterocycles. The fraction of sp³-hybridized carbons (Fsp3) is 1.00. The Labute approximate surface area is 77.5 Å². The van der Waals surface area contributed by atoms with Gasteiger partial charge in [-0.2, -0.15) is 5.06 Å². The van der Waals surface area contributed by atoms with Gasteiger partial charge in [-0.1, -0.05) is 6.92 Å². The van der Waals surface area contributed by atoms with Crippen LogP contribution < -0.4 is 0 Å². The van der Waals surface area contributed by atoms with Crippen molar-refractivity contribution >= 4 is 0 Å². The summed E-state index contributed by atoms with van der Waals surface area (Å²) < 4.78 is 0. The van der Waals surface area contributed by atoms with Crippen molar-refractivity contribution in [3.05, 3.63) is 0 Å². The van der Waals surface area contributed by atoms with E-state index in [1.807, 2.05) is 6.92 Å². The minimum atomic E-state index is -1.05. The van der Waals surface area contributed by atoms with E-state index in [0.717, 1.165) is 6.42 Å². The van der Waals surface area contributed by atoms with Gasteiger partial charge < -0.3 is 15.3 Å². The molecular weight excluding hydrogens is 174 g/mol. The van der Waals surface area contributed by atoms with Crippen LogP contribution in [0.1, 0.15) is 13.3 Å². The van der Waals surface area contributed by atoms with Gasteiger partial charge in [0, 0.05) is 0 Å². The van der Waals surface area contributed by atoms with Gasteiger partial charge >= 0.3 is 0 Å². The normalized spacial score (nSPS) is 32.3. The Hall–Kier alpha value is -0.200. The summed E-state index contributed by atoms with van der Waals surface area (Å²) in [6.07, 6.45) is -2.03. The Morgan fingerprint density at radius 2 is 1.77 bits per heavy atom. The minimum Gasteiger partial charge on any atom is -0.389 e. The Morgan fingerprint density at radius 3 is 2.23 bits per heavy atom. The third kappa shape index (κ3) is 2.89. The molecule has 0 unspecified atom stereocenters. The number of nitrogens with zero attached hydrogens (tertiary/aromatic N) is 1. The first-order valence-corrected chi connectivity index (χ1v) is 4.57. The van der Waals surface area contributed by atoms with Crippen molar-refractivity contribution in [3.63, 3.8) is 0 Å². The standard InChI is InChI=1S/C8H17NO4/c1-2-3-13-9-4-6(10)8(12)7(11)5-9/h6-8,10-12H,2-5H2,1H3/t6-,7-/m0/s1. The van der Waals surface area contributed by atoms with E-state index in [1.54, 1.807) is 0 Å². The summed E-state index contributed by atoms with van der Waals surface area (Å²) in [7, 11) is 0. The number of rotatable bonds is 3. The van der Waals surface area contributed by atoms with E-state index in [-0.39, 0.29) is 13.1 Å². The molecule has 0 amide bonds. The van der Waals surface area contributed by atoms with Crippen LogP contribution in [0.2, 0.25) is 0 Å². The van der Waals surface area contributed by atoms with E-state index in [1.165, 1.54) is 5.06 Å². The average Bonchev–Trinajstić information content (AvgIpc) is 2.10. The van der Waals surface area contributed by atoms with E-state index in [4.69, 9.17) is 4.84 Å². The van der Waals surface area contributed by atoms with E-state index in [2.05, 4.69) is 0 Å². The van der Waals surface area contributed by atoms with Gasteiger partial charge in [-0.15, -0.1) is 0 Å². The zero-order valence-corrected chi connectivity index (χ0v) is 7.76. The lowest BCUT2D eigenvalue weighted by molar-refractivity contribution is -0.232. The van der Waals surface area contributed by atoms with Gasteiger partial charge in [-0.05, 0) is 6.42 Å². The highest BCUT2D eigenvalue weighted by atomic mass is 16.7. The molecule has 0 radical (unpaired) electrons. The van der Waals surface area contributed by atoms with Crippen molar-refractivity contribution in [2.24, 2.45) is 0 Å². The summed E-state index contributed by atoms with van der Waals surface area (Å²) in [5.41, 5.74) is 0. The molecule has 13 heavy (non-hydrogen) atoms. The lowest BCUT2D eigenvalue weighted by atomic mass is 10.0. The molecule has 1 saturated heterocycles. The van der Waals surface area contributed by atoms with Gasteiger partial charge in [0.15, 0.2) is 0 Å². The molecule has 1 aliphatic rings. The number of aliphatic hydroxyl groups is 3. The molecule has 5 heteroatoms. The third-order valence-corrected chi connectivity index (χ3v) is 2.05. The number of β-amino-alcohol motifs (C(OH)–C–C–N with tert-alkyl or cyclic N) is 2. The van der Waals surface area contributed by atoms with Crippen LogP contribution in [-0.2, 0) is 4.84 Å². The highest BCUT2D eigenvalue weighted by Gasteiger charge is 2.33. The van der Waals surface area contributed by atoms with E-state index >= 15 is 0 Å². The van der Waals surface area contributed by atoms with E-state index < -0.39 is 18.3 Å². The minimum absolute atomic E-state index is 0.248. The molecule has 1 fully saturated rings. The molecule has 0 aliphatic carbocycles. The highest BCUT2D eigenvalue weighted by Crippen LogP contribution is 2.11. The van der Waals surface area contributed by atoms with Crippen molar-refractivity contribution in [2.45, 2.75) is 31.7 Å². The van der Waals surface area contributed by atoms with Crippen LogP contribution in [0.15, 0.2) is 0 Å². The van der Waals surface area contributed by atoms with Crippen molar-refractivity contribution in [1.29, 1.82) is 0 Å². The largest absolute Gasteiger partial charge is 0.389 e. The molecule has 0 bridgehead atoms. The predicted octanol–water partition coefficient (Wildman–Crippen LogP) is -1.27. The topological polar surface area (TPSA) is 73.2 Å². The molecule has 0 aromatic heterocycles. The van der Waals surface area contributed by atoms with Gasteiger partial charge in [-0.25, -0.2) is 0 Å². The summed E-state index contributed by atoms with van der Waals surface area (Å²) in [6.45, 7) is 3.04. The van der Waals surface area contributed by atoms with Crippen LogP contribution in [-0.4, -0.2) is 58.4 Å².